The molecular weight excluding hydrogens is 584 g/mol. The van der Waals surface area contributed by atoms with E-state index in [-0.39, 0.29) is 44.0 Å². The standard InChI is InChI=1S/C38H62O8/c1-25(9-10-39)11-27-7-4-8-31(14-27)34(41)43-21-37(22-44-35(45-23-37)32-15-28-5-3-6-29(13-28)16-32)24-46-36(42)38-18-26(2)12-30(19-38)17-33(40)20-38/h25-33,35,39-40H,3-24H2,1-2H3. The number of aliphatic hydroxyl groups is 2. The molecule has 1 aliphatic heterocycles. The van der Waals surface area contributed by atoms with Crippen molar-refractivity contribution in [3.63, 3.8) is 0 Å². The minimum Gasteiger partial charge on any atom is -0.465 e. The molecule has 0 spiro atoms. The lowest BCUT2D eigenvalue weighted by Gasteiger charge is -2.48. The molecule has 1 heterocycles. The number of rotatable bonds is 11. The van der Waals surface area contributed by atoms with Gasteiger partial charge in [-0.2, -0.15) is 0 Å². The van der Waals surface area contributed by atoms with Gasteiger partial charge in [0.15, 0.2) is 6.29 Å². The molecule has 4 bridgehead atoms. The number of fused-ring (bicyclic) bond motifs is 4. The highest BCUT2D eigenvalue weighted by atomic mass is 16.7. The zero-order valence-electron chi connectivity index (χ0n) is 28.7. The van der Waals surface area contributed by atoms with Crippen LogP contribution in [0, 0.1) is 58.2 Å². The van der Waals surface area contributed by atoms with E-state index in [0.29, 0.717) is 49.2 Å². The predicted molar refractivity (Wildman–Crippen MR) is 173 cm³/mol. The quantitative estimate of drug-likeness (QED) is 0.247. The van der Waals surface area contributed by atoms with Crippen molar-refractivity contribution in [2.24, 2.45) is 58.2 Å². The summed E-state index contributed by atoms with van der Waals surface area (Å²) in [6, 6.07) is 0. The van der Waals surface area contributed by atoms with Crippen molar-refractivity contribution in [2.45, 2.75) is 135 Å². The molecule has 0 aromatic heterocycles. The fraction of sp³-hybridized carbons (Fsp3) is 0.947. The summed E-state index contributed by atoms with van der Waals surface area (Å²) in [6.07, 6.45) is 16.4. The summed E-state index contributed by atoms with van der Waals surface area (Å²) < 4.78 is 25.2. The molecule has 2 N–H and O–H groups in total. The molecule has 9 atom stereocenters. The fourth-order valence-corrected chi connectivity index (χ4v) is 11.0. The summed E-state index contributed by atoms with van der Waals surface area (Å²) in [5.41, 5.74) is -1.39. The minimum atomic E-state index is -0.750. The van der Waals surface area contributed by atoms with E-state index in [1.807, 2.05) is 0 Å². The van der Waals surface area contributed by atoms with Gasteiger partial charge in [-0.05, 0) is 113 Å². The first-order chi connectivity index (χ1) is 22.1. The number of esters is 2. The summed E-state index contributed by atoms with van der Waals surface area (Å²) in [6.45, 7) is 5.47. The average molecular weight is 647 g/mol. The van der Waals surface area contributed by atoms with E-state index in [2.05, 4.69) is 13.8 Å². The van der Waals surface area contributed by atoms with Gasteiger partial charge in [-0.3, -0.25) is 9.59 Å². The Morgan fingerprint density at radius 2 is 1.57 bits per heavy atom. The number of carbonyl (C=O) groups is 2. The maximum Gasteiger partial charge on any atom is 0.312 e. The highest BCUT2D eigenvalue weighted by molar-refractivity contribution is 5.77. The molecule has 6 fully saturated rings. The molecule has 262 valence electrons. The normalized spacial score (nSPS) is 43.3. The Bertz CT molecular complexity index is 991. The monoisotopic (exact) mass is 646 g/mol. The first-order valence-corrected chi connectivity index (χ1v) is 19.0. The fourth-order valence-electron chi connectivity index (χ4n) is 11.0. The van der Waals surface area contributed by atoms with E-state index in [1.54, 1.807) is 0 Å². The zero-order valence-corrected chi connectivity index (χ0v) is 28.7. The largest absolute Gasteiger partial charge is 0.465 e. The molecule has 9 unspecified atom stereocenters. The van der Waals surface area contributed by atoms with E-state index in [0.717, 1.165) is 88.9 Å². The van der Waals surface area contributed by atoms with Crippen molar-refractivity contribution in [3.8, 4) is 0 Å². The zero-order chi connectivity index (χ0) is 32.3. The van der Waals surface area contributed by atoms with E-state index in [9.17, 15) is 19.8 Å². The maximum atomic E-state index is 13.8. The Balaban J connectivity index is 1.09. The summed E-state index contributed by atoms with van der Waals surface area (Å²) in [5.74, 6) is 3.15. The molecule has 0 amide bonds. The molecular formula is C38H62O8. The summed E-state index contributed by atoms with van der Waals surface area (Å²) >= 11 is 0. The molecule has 1 saturated heterocycles. The van der Waals surface area contributed by atoms with E-state index in [4.69, 9.17) is 18.9 Å². The number of hydrogen-bond donors (Lipinski definition) is 2. The van der Waals surface area contributed by atoms with Crippen molar-refractivity contribution in [3.05, 3.63) is 0 Å². The molecule has 5 aliphatic carbocycles. The van der Waals surface area contributed by atoms with E-state index < -0.39 is 16.9 Å². The van der Waals surface area contributed by atoms with Crippen LogP contribution in [0.4, 0.5) is 0 Å². The average Bonchev–Trinajstić information content (AvgIpc) is 3.02. The summed E-state index contributed by atoms with van der Waals surface area (Å²) in [5, 5.41) is 20.0. The Hall–Kier alpha value is -1.22. The lowest BCUT2D eigenvalue weighted by molar-refractivity contribution is -0.272. The van der Waals surface area contributed by atoms with E-state index in [1.165, 1.54) is 25.7 Å². The van der Waals surface area contributed by atoms with Crippen molar-refractivity contribution < 1.29 is 38.7 Å². The van der Waals surface area contributed by atoms with Crippen molar-refractivity contribution >= 4 is 11.9 Å². The van der Waals surface area contributed by atoms with Crippen molar-refractivity contribution in [1.82, 2.24) is 0 Å². The van der Waals surface area contributed by atoms with Gasteiger partial charge >= 0.3 is 11.9 Å². The smallest absolute Gasteiger partial charge is 0.312 e. The van der Waals surface area contributed by atoms with Gasteiger partial charge in [-0.15, -0.1) is 0 Å². The van der Waals surface area contributed by atoms with Gasteiger partial charge < -0.3 is 29.2 Å². The Morgan fingerprint density at radius 3 is 2.30 bits per heavy atom. The van der Waals surface area contributed by atoms with Crippen LogP contribution in [0.5, 0.6) is 0 Å². The topological polar surface area (TPSA) is 112 Å². The highest BCUT2D eigenvalue weighted by Gasteiger charge is 2.52. The van der Waals surface area contributed by atoms with Gasteiger partial charge in [0.2, 0.25) is 0 Å². The van der Waals surface area contributed by atoms with Crippen LogP contribution in [0.25, 0.3) is 0 Å². The van der Waals surface area contributed by atoms with Crippen molar-refractivity contribution in [2.75, 3.05) is 33.0 Å². The number of ether oxygens (including phenoxy) is 4. The Labute approximate surface area is 277 Å². The lowest BCUT2D eigenvalue weighted by atomic mass is 9.58. The molecule has 0 radical (unpaired) electrons. The molecule has 0 aromatic rings. The predicted octanol–water partition coefficient (Wildman–Crippen LogP) is 6.44. The van der Waals surface area contributed by atoms with Gasteiger partial charge in [-0.25, -0.2) is 0 Å². The van der Waals surface area contributed by atoms with Crippen LogP contribution >= 0.6 is 0 Å². The van der Waals surface area contributed by atoms with E-state index >= 15 is 0 Å². The lowest BCUT2D eigenvalue weighted by Crippen LogP contribution is -2.53. The molecule has 46 heavy (non-hydrogen) atoms. The third kappa shape index (κ3) is 8.31. The number of aliphatic hydroxyl groups excluding tert-OH is 2. The van der Waals surface area contributed by atoms with Crippen LogP contribution in [0.2, 0.25) is 0 Å². The molecule has 6 rings (SSSR count). The Kier molecular flexibility index (Phi) is 11.4. The Morgan fingerprint density at radius 1 is 0.848 bits per heavy atom. The van der Waals surface area contributed by atoms with Gasteiger partial charge in [0, 0.05) is 12.5 Å². The van der Waals surface area contributed by atoms with Gasteiger partial charge in [0.25, 0.3) is 0 Å². The van der Waals surface area contributed by atoms with Crippen LogP contribution in [0.1, 0.15) is 123 Å². The third-order valence-corrected chi connectivity index (χ3v) is 13.0. The van der Waals surface area contributed by atoms with Crippen LogP contribution in [0.3, 0.4) is 0 Å². The number of carbonyl (C=O) groups excluding carboxylic acids is 2. The molecule has 8 heteroatoms. The van der Waals surface area contributed by atoms with Gasteiger partial charge in [0.1, 0.15) is 13.2 Å². The van der Waals surface area contributed by atoms with Crippen molar-refractivity contribution in [1.29, 1.82) is 0 Å². The molecule has 0 aromatic carbocycles. The van der Waals surface area contributed by atoms with Crippen LogP contribution in [-0.2, 0) is 28.5 Å². The first-order valence-electron chi connectivity index (χ1n) is 19.0. The summed E-state index contributed by atoms with van der Waals surface area (Å²) in [7, 11) is 0. The van der Waals surface area contributed by atoms with Crippen LogP contribution < -0.4 is 0 Å². The van der Waals surface area contributed by atoms with Gasteiger partial charge in [-0.1, -0.05) is 46.0 Å². The van der Waals surface area contributed by atoms with Crippen LogP contribution in [-0.4, -0.2) is 67.6 Å². The molecule has 8 nitrogen and oxygen atoms in total. The second-order valence-electron chi connectivity index (χ2n) is 17.4. The van der Waals surface area contributed by atoms with Crippen LogP contribution in [0.15, 0.2) is 0 Å². The first kappa shape index (κ1) is 34.6. The summed E-state index contributed by atoms with van der Waals surface area (Å²) in [4.78, 5) is 27.3. The maximum absolute atomic E-state index is 13.8. The molecule has 5 saturated carbocycles. The second-order valence-corrected chi connectivity index (χ2v) is 17.4. The minimum absolute atomic E-state index is 0.0879. The second kappa shape index (κ2) is 15.1. The highest BCUT2D eigenvalue weighted by Crippen LogP contribution is 2.52. The van der Waals surface area contributed by atoms with Gasteiger partial charge in [0.05, 0.1) is 36.1 Å². The SMILES string of the molecule is CC(CCO)CC1CCCC(C(=O)OCC2(COC(=O)C34CC(C)CC(CC(O)C3)C4)COC(C3CC4CCCC(C4)C3)OC2)C1. The number of hydrogen-bond acceptors (Lipinski definition) is 8. The third-order valence-electron chi connectivity index (χ3n) is 13.0. The molecule has 6 aliphatic rings.